The molecule has 1 unspecified atom stereocenters. The number of ether oxygens (including phenoxy) is 3. The Morgan fingerprint density at radius 2 is 2.06 bits per heavy atom. The minimum absolute atomic E-state index is 0.0411. The number of furan rings is 1. The molecule has 0 N–H and O–H groups in total. The van der Waals surface area contributed by atoms with E-state index in [1.165, 1.54) is 9.70 Å². The summed E-state index contributed by atoms with van der Waals surface area (Å²) in [6.45, 7) is 4.75. The van der Waals surface area contributed by atoms with Gasteiger partial charge in [0.1, 0.15) is 11.4 Å². The Balaban J connectivity index is 1.81. The molecule has 1 aliphatic rings. The molecule has 0 aliphatic carbocycles. The van der Waals surface area contributed by atoms with Gasteiger partial charge >= 0.3 is 12.1 Å². The van der Waals surface area contributed by atoms with Gasteiger partial charge in [0.15, 0.2) is 0 Å². The van der Waals surface area contributed by atoms with Crippen LogP contribution in [0.2, 0.25) is 0 Å². The first-order valence-electron chi connectivity index (χ1n) is 11.0. The van der Waals surface area contributed by atoms with Crippen molar-refractivity contribution in [3.8, 4) is 11.3 Å². The zero-order valence-corrected chi connectivity index (χ0v) is 18.9. The molecule has 1 saturated heterocycles. The lowest BCUT2D eigenvalue weighted by Crippen LogP contribution is -2.35. The third kappa shape index (κ3) is 4.82. The summed E-state index contributed by atoms with van der Waals surface area (Å²) in [5.41, 5.74) is 1.72. The molecule has 1 atom stereocenters. The molecule has 1 amide bonds. The lowest BCUT2D eigenvalue weighted by Gasteiger charge is -2.23. The Bertz CT molecular complexity index is 1130. The molecule has 0 saturated carbocycles. The maximum absolute atomic E-state index is 13.0. The molecule has 3 aromatic rings. The molecular weight excluding hydrogens is 430 g/mol. The molecule has 4 heterocycles. The van der Waals surface area contributed by atoms with Crippen LogP contribution in [0, 0.1) is 0 Å². The fraction of sp³-hybridized carbons (Fsp3) is 0.500. The molecule has 3 aromatic heterocycles. The highest BCUT2D eigenvalue weighted by molar-refractivity contribution is 6.09. The van der Waals surface area contributed by atoms with Gasteiger partial charge in [-0.1, -0.05) is 0 Å². The molecule has 4 rings (SSSR count). The molecule has 11 nitrogen and oxygen atoms in total. The van der Waals surface area contributed by atoms with Gasteiger partial charge in [0, 0.05) is 32.0 Å². The van der Waals surface area contributed by atoms with Crippen LogP contribution >= 0.6 is 0 Å². The quantitative estimate of drug-likeness (QED) is 0.469. The third-order valence-corrected chi connectivity index (χ3v) is 5.33. The van der Waals surface area contributed by atoms with Crippen LogP contribution in [0.4, 0.5) is 10.5 Å². The van der Waals surface area contributed by atoms with Gasteiger partial charge in [-0.05, 0) is 39.2 Å². The van der Waals surface area contributed by atoms with Crippen LogP contribution in [0.15, 0.2) is 22.9 Å². The molecule has 33 heavy (non-hydrogen) atoms. The van der Waals surface area contributed by atoms with Crippen molar-refractivity contribution in [3.63, 3.8) is 0 Å². The van der Waals surface area contributed by atoms with E-state index in [0.29, 0.717) is 29.7 Å². The Hall–Kier alpha value is -3.47. The molecule has 176 valence electrons. The number of carbonyl (C=O) groups excluding carboxylic acids is 2. The minimum Gasteiger partial charge on any atom is -0.460 e. The number of hydrogen-bond acceptors (Lipinski definition) is 9. The third-order valence-electron chi connectivity index (χ3n) is 5.33. The van der Waals surface area contributed by atoms with E-state index in [-0.39, 0.29) is 43.0 Å². The van der Waals surface area contributed by atoms with Crippen molar-refractivity contribution in [2.75, 3.05) is 31.3 Å². The summed E-state index contributed by atoms with van der Waals surface area (Å²) in [5, 5.41) is 8.88. The molecule has 11 heteroatoms. The maximum atomic E-state index is 13.0. The van der Waals surface area contributed by atoms with E-state index >= 15 is 0 Å². The number of fused-ring (bicyclic) bond motifs is 1. The molecule has 0 radical (unpaired) electrons. The summed E-state index contributed by atoms with van der Waals surface area (Å²) in [5.74, 6) is -0.783. The molecule has 0 aromatic carbocycles. The van der Waals surface area contributed by atoms with E-state index < -0.39 is 12.1 Å². The average molecular weight is 457 g/mol. The van der Waals surface area contributed by atoms with Crippen molar-refractivity contribution in [1.82, 2.24) is 20.0 Å². The van der Waals surface area contributed by atoms with Gasteiger partial charge in [0.2, 0.25) is 11.5 Å². The molecule has 1 aliphatic heterocycles. The number of nitrogens with zero attached hydrogens (tertiary/aromatic N) is 5. The van der Waals surface area contributed by atoms with Gasteiger partial charge in [0.05, 0.1) is 30.9 Å². The van der Waals surface area contributed by atoms with Crippen molar-refractivity contribution in [2.45, 2.75) is 39.2 Å². The van der Waals surface area contributed by atoms with E-state index in [4.69, 9.17) is 18.6 Å². The first-order valence-corrected chi connectivity index (χ1v) is 11.0. The highest BCUT2D eigenvalue weighted by Gasteiger charge is 2.32. The van der Waals surface area contributed by atoms with Gasteiger partial charge in [-0.3, -0.25) is 4.90 Å². The van der Waals surface area contributed by atoms with Gasteiger partial charge in [-0.2, -0.15) is 15.0 Å². The van der Waals surface area contributed by atoms with Crippen LogP contribution in [0.25, 0.3) is 22.4 Å². The van der Waals surface area contributed by atoms with Crippen LogP contribution in [-0.4, -0.2) is 64.5 Å². The number of aromatic nitrogens is 4. The van der Waals surface area contributed by atoms with Crippen molar-refractivity contribution in [1.29, 1.82) is 0 Å². The van der Waals surface area contributed by atoms with Gasteiger partial charge < -0.3 is 18.6 Å². The number of rotatable bonds is 8. The number of amides is 1. The molecule has 0 bridgehead atoms. The monoisotopic (exact) mass is 457 g/mol. The van der Waals surface area contributed by atoms with E-state index in [1.807, 2.05) is 0 Å². The average Bonchev–Trinajstić information content (AvgIpc) is 3.54. The SMILES string of the molecule is CCOC(=O)c1oc2ncc(-c3cnn(C)n3)cc2c1N(CCC1CCCO1)C(=O)OCC. The van der Waals surface area contributed by atoms with Crippen molar-refractivity contribution in [3.05, 3.63) is 24.2 Å². The van der Waals surface area contributed by atoms with E-state index in [1.54, 1.807) is 39.4 Å². The summed E-state index contributed by atoms with van der Waals surface area (Å²) in [4.78, 5) is 33.0. The number of pyridine rings is 1. The van der Waals surface area contributed by atoms with Gasteiger partial charge in [-0.25, -0.2) is 14.6 Å². The second-order valence-corrected chi connectivity index (χ2v) is 7.57. The lowest BCUT2D eigenvalue weighted by atomic mass is 10.1. The van der Waals surface area contributed by atoms with Crippen LogP contribution in [0.5, 0.6) is 0 Å². The van der Waals surface area contributed by atoms with Gasteiger partial charge in [0.25, 0.3) is 0 Å². The summed E-state index contributed by atoms with van der Waals surface area (Å²) < 4.78 is 22.0. The highest BCUT2D eigenvalue weighted by Crippen LogP contribution is 2.36. The van der Waals surface area contributed by atoms with E-state index in [0.717, 1.165) is 12.8 Å². The maximum Gasteiger partial charge on any atom is 0.414 e. The lowest BCUT2D eigenvalue weighted by molar-refractivity contribution is 0.0493. The Morgan fingerprint density at radius 1 is 1.24 bits per heavy atom. The van der Waals surface area contributed by atoms with Crippen molar-refractivity contribution >= 4 is 28.8 Å². The summed E-state index contributed by atoms with van der Waals surface area (Å²) in [6, 6.07) is 1.77. The first kappa shape index (κ1) is 22.7. The normalized spacial score (nSPS) is 15.7. The molecule has 1 fully saturated rings. The number of carbonyl (C=O) groups is 2. The zero-order valence-electron chi connectivity index (χ0n) is 18.9. The highest BCUT2D eigenvalue weighted by atomic mass is 16.6. The molecular formula is C22H27N5O6. The largest absolute Gasteiger partial charge is 0.460 e. The number of esters is 1. The minimum atomic E-state index is -0.682. The topological polar surface area (TPSA) is 122 Å². The Labute approximate surface area is 190 Å². The van der Waals surface area contributed by atoms with Crippen LogP contribution in [0.3, 0.4) is 0 Å². The summed E-state index contributed by atoms with van der Waals surface area (Å²) in [6.07, 6.45) is 5.13. The second kappa shape index (κ2) is 9.99. The predicted octanol–water partition coefficient (Wildman–Crippen LogP) is 3.33. The standard InChI is InChI=1S/C22H27N5O6/c1-4-30-21(28)19-18(27(22(29)31-5-2)9-8-15-7-6-10-32-15)16-11-14(12-23-20(16)33-19)17-13-24-26(3)25-17/h11-13,15H,4-10H2,1-3H3. The fourth-order valence-electron chi connectivity index (χ4n) is 3.83. The molecule has 0 spiro atoms. The smallest absolute Gasteiger partial charge is 0.414 e. The second-order valence-electron chi connectivity index (χ2n) is 7.57. The van der Waals surface area contributed by atoms with Crippen LogP contribution < -0.4 is 4.90 Å². The number of aryl methyl sites for hydroxylation is 1. The Kier molecular flexibility index (Phi) is 6.87. The Morgan fingerprint density at radius 3 is 2.73 bits per heavy atom. The van der Waals surface area contributed by atoms with Gasteiger partial charge in [-0.15, -0.1) is 0 Å². The van der Waals surface area contributed by atoms with E-state index in [2.05, 4.69) is 15.2 Å². The zero-order chi connectivity index (χ0) is 23.4. The van der Waals surface area contributed by atoms with Crippen molar-refractivity contribution < 1.29 is 28.2 Å². The predicted molar refractivity (Wildman–Crippen MR) is 118 cm³/mol. The summed E-state index contributed by atoms with van der Waals surface area (Å²) >= 11 is 0. The van der Waals surface area contributed by atoms with Crippen LogP contribution in [0.1, 0.15) is 43.7 Å². The summed E-state index contributed by atoms with van der Waals surface area (Å²) in [7, 11) is 1.71. The number of anilines is 1. The first-order chi connectivity index (χ1) is 16.0. The van der Waals surface area contributed by atoms with E-state index in [9.17, 15) is 9.59 Å². The fourth-order valence-corrected chi connectivity index (χ4v) is 3.83. The van der Waals surface area contributed by atoms with Crippen LogP contribution in [-0.2, 0) is 21.3 Å². The number of hydrogen-bond donors (Lipinski definition) is 0. The van der Waals surface area contributed by atoms with Crippen molar-refractivity contribution in [2.24, 2.45) is 7.05 Å².